The fourth-order valence-corrected chi connectivity index (χ4v) is 10.9. The predicted octanol–water partition coefficient (Wildman–Crippen LogP) is 4.71. The third-order valence-electron chi connectivity index (χ3n) is 13.6. The zero-order valence-corrected chi connectivity index (χ0v) is 24.8. The maximum atomic E-state index is 13.9. The van der Waals surface area contributed by atoms with Crippen LogP contribution in [0.1, 0.15) is 112 Å². The van der Waals surface area contributed by atoms with Gasteiger partial charge in [-0.15, -0.1) is 0 Å². The van der Waals surface area contributed by atoms with Crippen LogP contribution in [0.3, 0.4) is 0 Å². The maximum absolute atomic E-state index is 13.9. The minimum absolute atomic E-state index is 0.00817. The second-order valence-corrected chi connectivity index (χ2v) is 15.5. The highest BCUT2D eigenvalue weighted by atomic mass is 16.6. The summed E-state index contributed by atoms with van der Waals surface area (Å²) < 4.78 is 6.00. The molecule has 11 atom stereocenters. The molecule has 6 aliphatic rings. The van der Waals surface area contributed by atoms with Gasteiger partial charge in [0.15, 0.2) is 5.78 Å². The number of ether oxygens (including phenoxy) is 1. The van der Waals surface area contributed by atoms with Gasteiger partial charge in [0.2, 0.25) is 0 Å². The van der Waals surface area contributed by atoms with Crippen LogP contribution < -0.4 is 0 Å². The monoisotopic (exact) mass is 544 g/mol. The summed E-state index contributed by atoms with van der Waals surface area (Å²) in [6.07, 6.45) is 11.5. The molecule has 4 N–H and O–H groups in total. The molecule has 0 spiro atoms. The Morgan fingerprint density at radius 3 is 2.31 bits per heavy atom. The van der Waals surface area contributed by atoms with Gasteiger partial charge in [0.1, 0.15) is 12.2 Å². The van der Waals surface area contributed by atoms with E-state index >= 15 is 0 Å². The van der Waals surface area contributed by atoms with Gasteiger partial charge in [0, 0.05) is 11.3 Å². The van der Waals surface area contributed by atoms with E-state index in [0.717, 1.165) is 44.1 Å². The molecule has 6 heteroatoms. The number of allylic oxidation sites excluding steroid dienone is 1. The highest BCUT2D eigenvalue weighted by Gasteiger charge is 2.72. The number of aliphatic hydroxyl groups is 4. The van der Waals surface area contributed by atoms with Crippen molar-refractivity contribution in [2.75, 3.05) is 0 Å². The van der Waals surface area contributed by atoms with Gasteiger partial charge in [-0.25, -0.2) is 0 Å². The number of epoxide rings is 1. The Morgan fingerprint density at radius 2 is 1.64 bits per heavy atom. The largest absolute Gasteiger partial charge is 0.393 e. The first-order chi connectivity index (χ1) is 18.2. The number of rotatable bonds is 5. The molecule has 0 radical (unpaired) electrons. The lowest BCUT2D eigenvalue weighted by Crippen LogP contribution is -2.63. The van der Waals surface area contributed by atoms with E-state index in [1.165, 1.54) is 19.3 Å². The van der Waals surface area contributed by atoms with Crippen molar-refractivity contribution >= 4 is 5.78 Å². The minimum atomic E-state index is -1.20. The number of fused-ring (bicyclic) bond motifs is 5. The molecule has 0 amide bonds. The standard InChI is InChI=1S/C33H52O6/c1-19(2)30(4,36)27-28(39-27)31(5,37)26-13-16-33(38)23-18-25(35)24-17-21(34)11-15-32(24,20-9-7-6-8-10-20)22(23)12-14-29(26,33)3/h18-22,24,26-28,34,36-38H,6-17H2,1-5H3. The van der Waals surface area contributed by atoms with Gasteiger partial charge in [-0.2, -0.15) is 0 Å². The average Bonchev–Trinajstić information content (AvgIpc) is 3.66. The fourth-order valence-electron chi connectivity index (χ4n) is 10.9. The highest BCUT2D eigenvalue weighted by Crippen LogP contribution is 2.71. The van der Waals surface area contributed by atoms with E-state index in [4.69, 9.17) is 4.74 Å². The van der Waals surface area contributed by atoms with Crippen LogP contribution in [0, 0.1) is 40.4 Å². The summed E-state index contributed by atoms with van der Waals surface area (Å²) in [6, 6.07) is 0. The molecule has 11 unspecified atom stereocenters. The Bertz CT molecular complexity index is 1030. The van der Waals surface area contributed by atoms with Crippen LogP contribution in [0.2, 0.25) is 0 Å². The van der Waals surface area contributed by atoms with Crippen LogP contribution in [0.25, 0.3) is 0 Å². The van der Waals surface area contributed by atoms with Gasteiger partial charge in [0.05, 0.1) is 22.9 Å². The van der Waals surface area contributed by atoms with E-state index in [1.54, 1.807) is 13.0 Å². The van der Waals surface area contributed by atoms with Gasteiger partial charge < -0.3 is 25.2 Å². The number of aliphatic hydroxyl groups excluding tert-OH is 1. The van der Waals surface area contributed by atoms with Crippen molar-refractivity contribution in [3.8, 4) is 0 Å². The Labute approximate surface area is 234 Å². The van der Waals surface area contributed by atoms with Crippen LogP contribution in [0.4, 0.5) is 0 Å². The Balaban J connectivity index is 1.35. The van der Waals surface area contributed by atoms with E-state index in [-0.39, 0.29) is 34.9 Å². The average molecular weight is 545 g/mol. The number of hydrogen-bond donors (Lipinski definition) is 4. The summed E-state index contributed by atoms with van der Waals surface area (Å²) in [7, 11) is 0. The molecule has 6 nitrogen and oxygen atoms in total. The molecule has 5 fully saturated rings. The molecule has 1 heterocycles. The molecular formula is C33H52O6. The Kier molecular flexibility index (Phi) is 6.61. The molecule has 220 valence electrons. The summed E-state index contributed by atoms with van der Waals surface area (Å²) in [5.41, 5.74) is -3.21. The van der Waals surface area contributed by atoms with Crippen molar-refractivity contribution in [1.82, 2.24) is 0 Å². The summed E-state index contributed by atoms with van der Waals surface area (Å²) in [5, 5.41) is 46.5. The normalized spacial score (nSPS) is 49.4. The molecule has 0 bridgehead atoms. The van der Waals surface area contributed by atoms with Gasteiger partial charge >= 0.3 is 0 Å². The van der Waals surface area contributed by atoms with Crippen LogP contribution in [-0.2, 0) is 9.53 Å². The molecule has 0 aromatic carbocycles. The lowest BCUT2D eigenvalue weighted by atomic mass is 9.42. The van der Waals surface area contributed by atoms with Crippen molar-refractivity contribution < 1.29 is 30.0 Å². The molecular weight excluding hydrogens is 492 g/mol. The van der Waals surface area contributed by atoms with Crippen LogP contribution in [-0.4, -0.2) is 61.3 Å². The van der Waals surface area contributed by atoms with Crippen molar-refractivity contribution in [3.63, 3.8) is 0 Å². The zero-order valence-electron chi connectivity index (χ0n) is 24.8. The lowest BCUT2D eigenvalue weighted by Gasteiger charge is -2.63. The third-order valence-corrected chi connectivity index (χ3v) is 13.6. The number of carbonyl (C=O) groups is 1. The first kappa shape index (κ1) is 28.3. The van der Waals surface area contributed by atoms with E-state index in [0.29, 0.717) is 25.2 Å². The van der Waals surface area contributed by atoms with Crippen LogP contribution >= 0.6 is 0 Å². The molecule has 1 saturated heterocycles. The molecule has 39 heavy (non-hydrogen) atoms. The predicted molar refractivity (Wildman–Crippen MR) is 149 cm³/mol. The maximum Gasteiger partial charge on any atom is 0.159 e. The summed E-state index contributed by atoms with van der Waals surface area (Å²) >= 11 is 0. The first-order valence-electron chi connectivity index (χ1n) is 16.0. The smallest absolute Gasteiger partial charge is 0.159 e. The Morgan fingerprint density at radius 1 is 0.949 bits per heavy atom. The SMILES string of the molecule is CC(C)C(C)(O)C1OC1C(C)(O)C1CCC2(O)C3=CC(=O)C4CC(O)CCC4(C4CCCCC4)C3CCC12C. The quantitative estimate of drug-likeness (QED) is 0.373. The number of carbonyl (C=O) groups excluding carboxylic acids is 1. The lowest BCUT2D eigenvalue weighted by molar-refractivity contribution is -0.165. The highest BCUT2D eigenvalue weighted by molar-refractivity contribution is 5.95. The zero-order chi connectivity index (χ0) is 28.2. The van der Waals surface area contributed by atoms with Crippen LogP contribution in [0.15, 0.2) is 11.6 Å². The molecule has 0 aromatic rings. The van der Waals surface area contributed by atoms with Gasteiger partial charge in [0.25, 0.3) is 0 Å². The van der Waals surface area contributed by atoms with E-state index < -0.39 is 40.5 Å². The summed E-state index contributed by atoms with van der Waals surface area (Å²) in [6.45, 7) is 9.69. The second kappa shape index (κ2) is 9.10. The van der Waals surface area contributed by atoms with Crippen molar-refractivity contribution in [3.05, 3.63) is 11.6 Å². The molecule has 0 aromatic heterocycles. The van der Waals surface area contributed by atoms with Gasteiger partial charge in [-0.05, 0) is 112 Å². The first-order valence-corrected chi connectivity index (χ1v) is 16.0. The van der Waals surface area contributed by atoms with Crippen molar-refractivity contribution in [1.29, 1.82) is 0 Å². The molecule has 1 aliphatic heterocycles. The molecule has 5 aliphatic carbocycles. The fraction of sp³-hybridized carbons (Fsp3) is 0.909. The van der Waals surface area contributed by atoms with E-state index in [9.17, 15) is 25.2 Å². The topological polar surface area (TPSA) is 111 Å². The Hall–Kier alpha value is -0.790. The molecule has 4 saturated carbocycles. The van der Waals surface area contributed by atoms with E-state index in [1.807, 2.05) is 20.8 Å². The molecule has 6 rings (SSSR count). The van der Waals surface area contributed by atoms with Gasteiger partial charge in [-0.3, -0.25) is 4.79 Å². The third kappa shape index (κ3) is 3.80. The number of ketones is 1. The number of hydrogen-bond acceptors (Lipinski definition) is 6. The summed E-state index contributed by atoms with van der Waals surface area (Å²) in [5.74, 6) is 0.368. The minimum Gasteiger partial charge on any atom is -0.393 e. The second-order valence-electron chi connectivity index (χ2n) is 15.5. The van der Waals surface area contributed by atoms with Crippen LogP contribution in [0.5, 0.6) is 0 Å². The van der Waals surface area contributed by atoms with E-state index in [2.05, 4.69) is 6.92 Å². The summed E-state index contributed by atoms with van der Waals surface area (Å²) in [4.78, 5) is 13.9. The van der Waals surface area contributed by atoms with Crippen molar-refractivity contribution in [2.45, 2.75) is 147 Å². The van der Waals surface area contributed by atoms with Gasteiger partial charge in [-0.1, -0.05) is 40.0 Å². The van der Waals surface area contributed by atoms with Crippen molar-refractivity contribution in [2.24, 2.45) is 40.4 Å².